The lowest BCUT2D eigenvalue weighted by Crippen LogP contribution is -2.27. The summed E-state index contributed by atoms with van der Waals surface area (Å²) >= 11 is 6.76. The van der Waals surface area contributed by atoms with Gasteiger partial charge in [0.1, 0.15) is 0 Å². The molecule has 9 heteroatoms. The van der Waals surface area contributed by atoms with Gasteiger partial charge in [0.25, 0.3) is 11.8 Å². The van der Waals surface area contributed by atoms with Crippen molar-refractivity contribution in [3.8, 4) is 11.5 Å². The highest BCUT2D eigenvalue weighted by molar-refractivity contribution is 8.27. The maximum absolute atomic E-state index is 13.2. The van der Waals surface area contributed by atoms with E-state index < -0.39 is 0 Å². The summed E-state index contributed by atoms with van der Waals surface area (Å²) in [6.07, 6.45) is 1.78. The van der Waals surface area contributed by atoms with Crippen molar-refractivity contribution in [3.63, 3.8) is 0 Å². The molecule has 0 spiro atoms. The average Bonchev–Trinajstić information content (AvgIpc) is 3.16. The molecule has 1 aliphatic heterocycles. The van der Waals surface area contributed by atoms with Gasteiger partial charge in [0.15, 0.2) is 22.4 Å². The van der Waals surface area contributed by atoms with E-state index in [0.29, 0.717) is 33.0 Å². The van der Waals surface area contributed by atoms with Gasteiger partial charge in [-0.15, -0.1) is 0 Å². The number of nitrogens with one attached hydrogen (secondary N) is 1. The van der Waals surface area contributed by atoms with Crippen LogP contribution >= 0.6 is 24.0 Å². The van der Waals surface area contributed by atoms with E-state index in [2.05, 4.69) is 5.32 Å². The molecule has 1 aliphatic rings. The van der Waals surface area contributed by atoms with E-state index in [1.54, 1.807) is 30.3 Å². The Kier molecular flexibility index (Phi) is 8.47. The lowest BCUT2D eigenvalue weighted by Gasteiger charge is -2.17. The van der Waals surface area contributed by atoms with Gasteiger partial charge in [0.2, 0.25) is 0 Å². The molecule has 0 aromatic heterocycles. The Morgan fingerprint density at radius 2 is 1.76 bits per heavy atom. The highest BCUT2D eigenvalue weighted by atomic mass is 32.2. The van der Waals surface area contributed by atoms with Crippen molar-refractivity contribution in [1.82, 2.24) is 0 Å². The Bertz CT molecular complexity index is 1330. The minimum absolute atomic E-state index is 0.167. The molecule has 37 heavy (non-hydrogen) atoms. The second-order valence-electron chi connectivity index (χ2n) is 8.27. The zero-order chi connectivity index (χ0) is 26.4. The molecule has 3 aromatic rings. The quantitative estimate of drug-likeness (QED) is 0.285. The van der Waals surface area contributed by atoms with Crippen LogP contribution in [0.1, 0.15) is 12.5 Å². The molecule has 1 N–H and O–H groups in total. The van der Waals surface area contributed by atoms with Gasteiger partial charge in [-0.05, 0) is 67.1 Å². The van der Waals surface area contributed by atoms with Crippen molar-refractivity contribution < 1.29 is 19.1 Å². The third kappa shape index (κ3) is 6.49. The van der Waals surface area contributed by atoms with Gasteiger partial charge in [0.05, 0.1) is 17.2 Å². The Labute approximate surface area is 226 Å². The molecule has 3 aromatic carbocycles. The molecule has 0 radical (unpaired) electrons. The summed E-state index contributed by atoms with van der Waals surface area (Å²) in [5.41, 5.74) is 3.22. The molecule has 0 bridgehead atoms. The first-order chi connectivity index (χ1) is 17.9. The summed E-state index contributed by atoms with van der Waals surface area (Å²) in [4.78, 5) is 29.5. The smallest absolute Gasteiger partial charge is 0.270 e. The zero-order valence-corrected chi connectivity index (χ0v) is 22.4. The van der Waals surface area contributed by atoms with E-state index in [1.807, 2.05) is 74.4 Å². The lowest BCUT2D eigenvalue weighted by atomic mass is 10.1. The highest BCUT2D eigenvalue weighted by Crippen LogP contribution is 2.37. The van der Waals surface area contributed by atoms with Gasteiger partial charge in [-0.3, -0.25) is 14.5 Å². The summed E-state index contributed by atoms with van der Waals surface area (Å²) in [7, 11) is 3.92. The Hall–Kier alpha value is -3.82. The Morgan fingerprint density at radius 1 is 1.03 bits per heavy atom. The molecular weight excluding hydrogens is 506 g/mol. The van der Waals surface area contributed by atoms with E-state index in [-0.39, 0.29) is 18.4 Å². The molecule has 0 atom stereocenters. The van der Waals surface area contributed by atoms with Crippen LogP contribution < -0.4 is 24.6 Å². The number of anilines is 3. The molecule has 0 unspecified atom stereocenters. The highest BCUT2D eigenvalue weighted by Gasteiger charge is 2.33. The fourth-order valence-corrected chi connectivity index (χ4v) is 4.90. The van der Waals surface area contributed by atoms with Gasteiger partial charge < -0.3 is 19.7 Å². The van der Waals surface area contributed by atoms with Gasteiger partial charge in [-0.2, -0.15) is 0 Å². The van der Waals surface area contributed by atoms with Crippen LogP contribution in [0.3, 0.4) is 0 Å². The number of thioether (sulfide) groups is 1. The molecule has 2 amide bonds. The zero-order valence-electron chi connectivity index (χ0n) is 20.8. The van der Waals surface area contributed by atoms with Crippen LogP contribution in [0.2, 0.25) is 0 Å². The van der Waals surface area contributed by atoms with Crippen LogP contribution in [-0.2, 0) is 9.59 Å². The van der Waals surface area contributed by atoms with Crippen molar-refractivity contribution in [2.45, 2.75) is 6.92 Å². The molecule has 190 valence electrons. The second kappa shape index (κ2) is 11.9. The first-order valence-electron chi connectivity index (χ1n) is 11.7. The van der Waals surface area contributed by atoms with Crippen LogP contribution in [0, 0.1) is 0 Å². The second-order valence-corrected chi connectivity index (χ2v) is 9.95. The lowest BCUT2D eigenvalue weighted by molar-refractivity contribution is -0.118. The van der Waals surface area contributed by atoms with Crippen LogP contribution in [0.15, 0.2) is 77.7 Å². The van der Waals surface area contributed by atoms with Gasteiger partial charge >= 0.3 is 0 Å². The fraction of sp³-hybridized carbons (Fsp3) is 0.179. The average molecular weight is 534 g/mol. The topological polar surface area (TPSA) is 71.1 Å². The number of amides is 2. The fourth-order valence-electron chi connectivity index (χ4n) is 3.61. The van der Waals surface area contributed by atoms with Gasteiger partial charge in [-0.1, -0.05) is 48.2 Å². The van der Waals surface area contributed by atoms with Crippen molar-refractivity contribution in [3.05, 3.63) is 83.3 Å². The minimum atomic E-state index is -0.278. The number of carbonyl (C=O) groups is 2. The van der Waals surface area contributed by atoms with Gasteiger partial charge in [0, 0.05) is 25.5 Å². The third-order valence-corrected chi connectivity index (χ3v) is 6.70. The van der Waals surface area contributed by atoms with E-state index in [9.17, 15) is 9.59 Å². The molecule has 0 aliphatic carbocycles. The van der Waals surface area contributed by atoms with Crippen LogP contribution in [0.25, 0.3) is 6.08 Å². The van der Waals surface area contributed by atoms with Crippen molar-refractivity contribution >= 4 is 63.3 Å². The van der Waals surface area contributed by atoms with Crippen LogP contribution in [0.5, 0.6) is 11.5 Å². The van der Waals surface area contributed by atoms with Crippen LogP contribution in [0.4, 0.5) is 17.1 Å². The summed E-state index contributed by atoms with van der Waals surface area (Å²) in [5, 5.41) is 2.78. The number of ether oxygens (including phenoxy) is 2. The molecule has 4 rings (SSSR count). The third-order valence-electron chi connectivity index (χ3n) is 5.40. The number of thiocarbonyl (C=S) groups is 1. The van der Waals surface area contributed by atoms with E-state index in [1.165, 1.54) is 16.7 Å². The van der Waals surface area contributed by atoms with Crippen molar-refractivity contribution in [1.29, 1.82) is 0 Å². The normalized spacial score (nSPS) is 14.1. The predicted octanol–water partition coefficient (Wildman–Crippen LogP) is 5.57. The summed E-state index contributed by atoms with van der Waals surface area (Å²) < 4.78 is 11.9. The number of rotatable bonds is 9. The maximum atomic E-state index is 13.2. The summed E-state index contributed by atoms with van der Waals surface area (Å²) in [6.45, 7) is 2.12. The SMILES string of the molecule is CCOc1cc(/C=C2\SC(=S)N(c3ccc(N(C)C)cc3)C2=O)ccc1OCC(=O)Nc1ccccc1. The monoisotopic (exact) mass is 533 g/mol. The van der Waals surface area contributed by atoms with Gasteiger partial charge in [-0.25, -0.2) is 0 Å². The van der Waals surface area contributed by atoms with Crippen molar-refractivity contribution in [2.24, 2.45) is 0 Å². The first kappa shape index (κ1) is 26.2. The summed E-state index contributed by atoms with van der Waals surface area (Å²) in [5.74, 6) is 0.470. The van der Waals surface area contributed by atoms with Crippen LogP contribution in [-0.4, -0.2) is 43.4 Å². The van der Waals surface area contributed by atoms with E-state index >= 15 is 0 Å². The molecule has 1 fully saturated rings. The number of hydrogen-bond donors (Lipinski definition) is 1. The van der Waals surface area contributed by atoms with E-state index in [0.717, 1.165) is 16.9 Å². The Morgan fingerprint density at radius 3 is 2.43 bits per heavy atom. The maximum Gasteiger partial charge on any atom is 0.270 e. The number of carbonyl (C=O) groups excluding carboxylic acids is 2. The largest absolute Gasteiger partial charge is 0.490 e. The molecule has 1 heterocycles. The Balaban J connectivity index is 1.47. The number of benzene rings is 3. The molecular formula is C28H27N3O4S2. The predicted molar refractivity (Wildman–Crippen MR) is 155 cm³/mol. The number of hydrogen-bond acceptors (Lipinski definition) is 7. The molecule has 7 nitrogen and oxygen atoms in total. The standard InChI is InChI=1S/C28H27N3O4S2/c1-4-34-24-16-19(10-15-23(24)35-18-26(32)29-20-8-6-5-7-9-20)17-25-27(33)31(28(36)37-25)22-13-11-21(12-14-22)30(2)3/h5-17H,4,18H2,1-3H3,(H,29,32)/b25-17-. The molecule has 1 saturated heterocycles. The number of para-hydroxylation sites is 1. The summed E-state index contributed by atoms with van der Waals surface area (Å²) in [6, 6.07) is 22.2. The van der Waals surface area contributed by atoms with E-state index in [4.69, 9.17) is 21.7 Å². The minimum Gasteiger partial charge on any atom is -0.490 e. The first-order valence-corrected chi connectivity index (χ1v) is 12.9. The van der Waals surface area contributed by atoms with Crippen molar-refractivity contribution in [2.75, 3.05) is 42.4 Å². The number of nitrogens with zero attached hydrogens (tertiary/aromatic N) is 2. The molecule has 0 saturated carbocycles.